The lowest BCUT2D eigenvalue weighted by atomic mass is 10.1. The lowest BCUT2D eigenvalue weighted by Gasteiger charge is -2.15. The molecule has 0 aliphatic carbocycles. The van der Waals surface area contributed by atoms with Crippen molar-refractivity contribution in [1.82, 2.24) is 4.98 Å². The van der Waals surface area contributed by atoms with Crippen LogP contribution in [-0.4, -0.2) is 39.0 Å². The summed E-state index contributed by atoms with van der Waals surface area (Å²) < 4.78 is 4.57. The monoisotopic (exact) mass is 241 g/mol. The summed E-state index contributed by atoms with van der Waals surface area (Å²) in [4.78, 5) is 15.0. The minimum Gasteiger partial charge on any atom is -0.464 e. The normalized spacial score (nSPS) is 14.1. The molecule has 94 valence electrons. The second-order valence-electron chi connectivity index (χ2n) is 3.39. The van der Waals surface area contributed by atoms with Crippen molar-refractivity contribution in [3.63, 3.8) is 0 Å². The highest BCUT2D eigenvalue weighted by molar-refractivity contribution is 5.75. The molecule has 0 saturated heterocycles. The molecule has 0 amide bonds. The molecule has 17 heavy (non-hydrogen) atoms. The first-order valence-corrected chi connectivity index (χ1v) is 5.18. The molecular formula is C11H15NO5. The third kappa shape index (κ3) is 3.48. The number of carbonyl (C=O) groups excluding carboxylic acids is 1. The molecule has 1 aromatic rings. The van der Waals surface area contributed by atoms with E-state index in [1.807, 2.05) is 0 Å². The SMILES string of the molecule is CCOC(=O)C(O)C(O)c1ccc(CO)cn1. The van der Waals surface area contributed by atoms with Gasteiger partial charge in [0.1, 0.15) is 6.10 Å². The molecule has 0 bridgehead atoms. The van der Waals surface area contributed by atoms with Gasteiger partial charge in [0.2, 0.25) is 0 Å². The van der Waals surface area contributed by atoms with Crippen LogP contribution in [0, 0.1) is 0 Å². The number of aromatic nitrogens is 1. The molecule has 2 unspecified atom stereocenters. The number of ether oxygens (including phenoxy) is 1. The smallest absolute Gasteiger partial charge is 0.338 e. The lowest BCUT2D eigenvalue weighted by molar-refractivity contribution is -0.159. The van der Waals surface area contributed by atoms with Crippen LogP contribution < -0.4 is 0 Å². The average molecular weight is 241 g/mol. The number of hydrogen-bond acceptors (Lipinski definition) is 6. The van der Waals surface area contributed by atoms with E-state index in [0.717, 1.165) is 0 Å². The summed E-state index contributed by atoms with van der Waals surface area (Å²) >= 11 is 0. The van der Waals surface area contributed by atoms with E-state index in [2.05, 4.69) is 9.72 Å². The van der Waals surface area contributed by atoms with Gasteiger partial charge in [-0.2, -0.15) is 0 Å². The molecule has 1 rings (SSSR count). The van der Waals surface area contributed by atoms with E-state index in [4.69, 9.17) is 5.11 Å². The van der Waals surface area contributed by atoms with Gasteiger partial charge in [0.15, 0.2) is 6.10 Å². The molecule has 6 heteroatoms. The topological polar surface area (TPSA) is 99.9 Å². The second-order valence-corrected chi connectivity index (χ2v) is 3.39. The van der Waals surface area contributed by atoms with E-state index in [1.54, 1.807) is 13.0 Å². The zero-order valence-electron chi connectivity index (χ0n) is 9.41. The second kappa shape index (κ2) is 6.29. The Morgan fingerprint density at radius 1 is 1.47 bits per heavy atom. The highest BCUT2D eigenvalue weighted by Crippen LogP contribution is 2.16. The van der Waals surface area contributed by atoms with Gasteiger partial charge >= 0.3 is 5.97 Å². The van der Waals surface area contributed by atoms with Crippen LogP contribution in [0.15, 0.2) is 18.3 Å². The molecule has 0 aliphatic heterocycles. The van der Waals surface area contributed by atoms with Gasteiger partial charge in [0.05, 0.1) is 18.9 Å². The summed E-state index contributed by atoms with van der Waals surface area (Å²) in [7, 11) is 0. The number of esters is 1. The van der Waals surface area contributed by atoms with Crippen LogP contribution in [0.25, 0.3) is 0 Å². The van der Waals surface area contributed by atoms with Crippen LogP contribution in [0.1, 0.15) is 24.3 Å². The van der Waals surface area contributed by atoms with Gasteiger partial charge in [-0.1, -0.05) is 6.07 Å². The Hall–Kier alpha value is -1.50. The van der Waals surface area contributed by atoms with Crippen molar-refractivity contribution in [3.05, 3.63) is 29.6 Å². The first kappa shape index (κ1) is 13.6. The molecule has 1 heterocycles. The summed E-state index contributed by atoms with van der Waals surface area (Å²) in [5.41, 5.74) is 0.717. The number of rotatable bonds is 5. The van der Waals surface area contributed by atoms with E-state index in [9.17, 15) is 15.0 Å². The van der Waals surface area contributed by atoms with Crippen molar-refractivity contribution in [2.45, 2.75) is 25.7 Å². The Labute approximate surface area is 98.5 Å². The summed E-state index contributed by atoms with van der Waals surface area (Å²) in [5, 5.41) is 28.0. The van der Waals surface area contributed by atoms with Crippen molar-refractivity contribution in [2.24, 2.45) is 0 Å². The zero-order valence-corrected chi connectivity index (χ0v) is 9.41. The van der Waals surface area contributed by atoms with E-state index in [-0.39, 0.29) is 18.9 Å². The van der Waals surface area contributed by atoms with E-state index in [1.165, 1.54) is 12.3 Å². The Morgan fingerprint density at radius 2 is 2.18 bits per heavy atom. The summed E-state index contributed by atoms with van der Waals surface area (Å²) in [6.07, 6.45) is -1.75. The summed E-state index contributed by atoms with van der Waals surface area (Å²) in [5.74, 6) is -0.895. The Kier molecular flexibility index (Phi) is 5.02. The molecule has 1 aromatic heterocycles. The van der Waals surface area contributed by atoms with Gasteiger partial charge in [-0.25, -0.2) is 4.79 Å². The van der Waals surface area contributed by atoms with Crippen LogP contribution >= 0.6 is 0 Å². The number of aliphatic hydroxyl groups is 3. The summed E-state index contributed by atoms with van der Waals surface area (Å²) in [6.45, 7) is 1.56. The molecule has 3 N–H and O–H groups in total. The highest BCUT2D eigenvalue weighted by atomic mass is 16.5. The van der Waals surface area contributed by atoms with Crippen LogP contribution in [0.5, 0.6) is 0 Å². The van der Waals surface area contributed by atoms with Crippen LogP contribution in [0.3, 0.4) is 0 Å². The molecule has 0 saturated carbocycles. The number of hydrogen-bond donors (Lipinski definition) is 3. The van der Waals surface area contributed by atoms with Gasteiger partial charge < -0.3 is 20.1 Å². The molecule has 6 nitrogen and oxygen atoms in total. The van der Waals surface area contributed by atoms with Gasteiger partial charge in [-0.3, -0.25) is 4.98 Å². The van der Waals surface area contributed by atoms with Crippen LogP contribution in [-0.2, 0) is 16.1 Å². The molecule has 0 fully saturated rings. The zero-order chi connectivity index (χ0) is 12.8. The summed E-state index contributed by atoms with van der Waals surface area (Å²) in [6, 6.07) is 2.97. The van der Waals surface area contributed by atoms with Crippen molar-refractivity contribution >= 4 is 5.97 Å². The lowest BCUT2D eigenvalue weighted by Crippen LogP contribution is -2.30. The fourth-order valence-electron chi connectivity index (χ4n) is 1.22. The Bertz CT molecular complexity index is 365. The quantitative estimate of drug-likeness (QED) is 0.603. The van der Waals surface area contributed by atoms with Crippen molar-refractivity contribution in [3.8, 4) is 0 Å². The molecule has 0 spiro atoms. The maximum Gasteiger partial charge on any atom is 0.338 e. The first-order chi connectivity index (χ1) is 8.10. The Morgan fingerprint density at radius 3 is 2.65 bits per heavy atom. The standard InChI is InChI=1S/C11H15NO5/c1-2-17-11(16)10(15)9(14)8-4-3-7(6-13)5-12-8/h3-5,9-10,13-15H,2,6H2,1H3. The third-order valence-corrected chi connectivity index (χ3v) is 2.16. The van der Waals surface area contributed by atoms with Gasteiger partial charge in [-0.15, -0.1) is 0 Å². The molecule has 0 aliphatic rings. The number of pyridine rings is 1. The fourth-order valence-corrected chi connectivity index (χ4v) is 1.22. The fraction of sp³-hybridized carbons (Fsp3) is 0.455. The molecular weight excluding hydrogens is 226 g/mol. The Balaban J connectivity index is 2.73. The van der Waals surface area contributed by atoms with Crippen LogP contribution in [0.2, 0.25) is 0 Å². The highest BCUT2D eigenvalue weighted by Gasteiger charge is 2.27. The van der Waals surface area contributed by atoms with Crippen molar-refractivity contribution < 1.29 is 24.9 Å². The molecule has 0 radical (unpaired) electrons. The number of aliphatic hydroxyl groups excluding tert-OH is 3. The minimum absolute atomic E-state index is 0.124. The minimum atomic E-state index is -1.66. The predicted molar refractivity (Wildman–Crippen MR) is 57.8 cm³/mol. The maximum atomic E-state index is 11.2. The third-order valence-electron chi connectivity index (χ3n) is 2.16. The van der Waals surface area contributed by atoms with Gasteiger partial charge in [0.25, 0.3) is 0 Å². The molecule has 2 atom stereocenters. The first-order valence-electron chi connectivity index (χ1n) is 5.18. The average Bonchev–Trinajstić information content (AvgIpc) is 2.37. The molecule has 0 aromatic carbocycles. The van der Waals surface area contributed by atoms with E-state index in [0.29, 0.717) is 5.56 Å². The van der Waals surface area contributed by atoms with Crippen molar-refractivity contribution in [2.75, 3.05) is 6.61 Å². The van der Waals surface area contributed by atoms with Gasteiger partial charge in [0, 0.05) is 6.20 Å². The number of carbonyl (C=O) groups is 1. The van der Waals surface area contributed by atoms with Gasteiger partial charge in [-0.05, 0) is 18.6 Å². The van der Waals surface area contributed by atoms with E-state index >= 15 is 0 Å². The van der Waals surface area contributed by atoms with Crippen LogP contribution in [0.4, 0.5) is 0 Å². The predicted octanol–water partition coefficient (Wildman–Crippen LogP) is -0.469. The largest absolute Gasteiger partial charge is 0.464 e. The van der Waals surface area contributed by atoms with E-state index < -0.39 is 18.2 Å². The van der Waals surface area contributed by atoms with Crippen molar-refractivity contribution in [1.29, 1.82) is 0 Å². The maximum absolute atomic E-state index is 11.2. The number of nitrogens with zero attached hydrogens (tertiary/aromatic N) is 1.